The zero-order chi connectivity index (χ0) is 11.6. The summed E-state index contributed by atoms with van der Waals surface area (Å²) < 4.78 is 18.6. The highest BCUT2D eigenvalue weighted by Gasteiger charge is 2.25. The normalized spacial score (nSPS) is 11.2. The molecule has 0 saturated heterocycles. The van der Waals surface area contributed by atoms with Crippen LogP contribution in [-0.4, -0.2) is 13.2 Å². The van der Waals surface area contributed by atoms with Crippen LogP contribution in [0.3, 0.4) is 0 Å². The van der Waals surface area contributed by atoms with Crippen molar-refractivity contribution in [3.63, 3.8) is 0 Å². The molecule has 0 unspecified atom stereocenters. The van der Waals surface area contributed by atoms with E-state index in [1.54, 1.807) is 0 Å². The van der Waals surface area contributed by atoms with Crippen LogP contribution in [0.1, 0.15) is 0 Å². The fourth-order valence-electron chi connectivity index (χ4n) is 1.08. The quantitative estimate of drug-likeness (QED) is 0.455. The molecule has 0 amide bonds. The second-order valence-corrected chi connectivity index (χ2v) is 8.49. The van der Waals surface area contributed by atoms with Crippen molar-refractivity contribution in [2.45, 2.75) is 19.6 Å². The van der Waals surface area contributed by atoms with E-state index >= 15 is 0 Å². The van der Waals surface area contributed by atoms with Gasteiger partial charge in [0, 0.05) is 0 Å². The Morgan fingerprint density at radius 2 is 2.00 bits per heavy atom. The maximum Gasteiger partial charge on any atom is 0.344 e. The molecule has 0 heterocycles. The maximum atomic E-state index is 13.2. The van der Waals surface area contributed by atoms with E-state index < -0.39 is 24.7 Å². The monoisotopic (exact) mass is 229 g/mol. The van der Waals surface area contributed by atoms with Gasteiger partial charge in [-0.15, -0.1) is 0 Å². The summed E-state index contributed by atoms with van der Waals surface area (Å²) in [6.45, 7) is 5.63. The van der Waals surface area contributed by atoms with Crippen LogP contribution >= 0.6 is 0 Å². The van der Waals surface area contributed by atoms with E-state index in [1.807, 2.05) is 19.6 Å². The fourth-order valence-corrected chi connectivity index (χ4v) is 1.91. The van der Waals surface area contributed by atoms with Gasteiger partial charge in [-0.2, -0.15) is 4.39 Å². The summed E-state index contributed by atoms with van der Waals surface area (Å²) in [7, 11) is -1.97. The van der Waals surface area contributed by atoms with Crippen molar-refractivity contribution in [2.75, 3.05) is 0 Å². The van der Waals surface area contributed by atoms with E-state index in [2.05, 4.69) is 0 Å². The van der Waals surface area contributed by atoms with Gasteiger partial charge in [-0.05, 0) is 31.8 Å². The van der Waals surface area contributed by atoms with E-state index in [-0.39, 0.29) is 5.75 Å². The molecule has 1 aromatic carbocycles. The van der Waals surface area contributed by atoms with Crippen molar-refractivity contribution in [3.05, 3.63) is 34.1 Å². The van der Waals surface area contributed by atoms with Gasteiger partial charge < -0.3 is 4.43 Å². The summed E-state index contributed by atoms with van der Waals surface area (Å²) in [5.74, 6) is -0.852. The van der Waals surface area contributed by atoms with Crippen LogP contribution in [0.25, 0.3) is 0 Å². The van der Waals surface area contributed by atoms with Gasteiger partial charge in [0.05, 0.1) is 4.92 Å². The minimum atomic E-state index is -1.97. The summed E-state index contributed by atoms with van der Waals surface area (Å²) in [6, 6.07) is 3.87. The summed E-state index contributed by atoms with van der Waals surface area (Å²) >= 11 is 0. The Morgan fingerprint density at radius 3 is 2.47 bits per heavy atom. The molecule has 0 aliphatic carbocycles. The number of hydrogen-bond acceptors (Lipinski definition) is 3. The zero-order valence-corrected chi connectivity index (χ0v) is 9.78. The molecule has 0 spiro atoms. The minimum absolute atomic E-state index is 0.0131. The van der Waals surface area contributed by atoms with E-state index in [0.29, 0.717) is 0 Å². The molecule has 1 aromatic rings. The van der Waals surface area contributed by atoms with Gasteiger partial charge in [0.2, 0.25) is 14.1 Å². The number of nitro groups is 1. The Hall–Kier alpha value is -1.43. The van der Waals surface area contributed by atoms with Crippen molar-refractivity contribution in [1.29, 1.82) is 0 Å². The van der Waals surface area contributed by atoms with E-state index in [9.17, 15) is 14.5 Å². The molecule has 0 aromatic heterocycles. The molecule has 0 radical (unpaired) electrons. The molecule has 15 heavy (non-hydrogen) atoms. The van der Waals surface area contributed by atoms with Gasteiger partial charge in [0.1, 0.15) is 0 Å². The molecule has 1 rings (SSSR count). The number of nitro benzene ring substituents is 1. The number of benzene rings is 1. The van der Waals surface area contributed by atoms with Crippen LogP contribution in [-0.2, 0) is 0 Å². The summed E-state index contributed by atoms with van der Waals surface area (Å²) in [5, 5.41) is 10.6. The highest BCUT2D eigenvalue weighted by molar-refractivity contribution is 6.70. The fraction of sp³-hybridized carbons (Fsp3) is 0.333. The SMILES string of the molecule is C[Si](C)(C)Oc1cccc(F)c1[N+](=O)[O-]. The van der Waals surface area contributed by atoms with E-state index in [1.165, 1.54) is 12.1 Å². The molecule has 6 heteroatoms. The topological polar surface area (TPSA) is 52.4 Å². The lowest BCUT2D eigenvalue weighted by atomic mass is 10.3. The predicted octanol–water partition coefficient (Wildman–Crippen LogP) is 2.95. The highest BCUT2D eigenvalue weighted by Crippen LogP contribution is 2.31. The second-order valence-electron chi connectivity index (χ2n) is 4.06. The highest BCUT2D eigenvalue weighted by atomic mass is 28.4. The molecular weight excluding hydrogens is 217 g/mol. The molecule has 82 valence electrons. The smallest absolute Gasteiger partial charge is 0.344 e. The summed E-state index contributed by atoms with van der Waals surface area (Å²) in [5.41, 5.74) is -0.583. The number of para-hydroxylation sites is 1. The molecule has 4 nitrogen and oxygen atoms in total. The van der Waals surface area contributed by atoms with Crippen LogP contribution < -0.4 is 4.43 Å². The van der Waals surface area contributed by atoms with Gasteiger partial charge in [0.15, 0.2) is 5.75 Å². The number of hydrogen-bond donors (Lipinski definition) is 0. The first-order valence-electron chi connectivity index (χ1n) is 4.43. The Kier molecular flexibility index (Phi) is 3.08. The lowest BCUT2D eigenvalue weighted by Crippen LogP contribution is -2.29. The summed E-state index contributed by atoms with van der Waals surface area (Å²) in [4.78, 5) is 9.87. The van der Waals surface area contributed by atoms with Crippen molar-refractivity contribution in [1.82, 2.24) is 0 Å². The summed E-state index contributed by atoms with van der Waals surface area (Å²) in [6.07, 6.45) is 0. The van der Waals surface area contributed by atoms with Crippen LogP contribution in [0.15, 0.2) is 18.2 Å². The average molecular weight is 229 g/mol. The third kappa shape index (κ3) is 3.02. The number of nitrogens with zero attached hydrogens (tertiary/aromatic N) is 1. The van der Waals surface area contributed by atoms with E-state index in [0.717, 1.165) is 6.07 Å². The van der Waals surface area contributed by atoms with Crippen LogP contribution in [0.5, 0.6) is 5.75 Å². The van der Waals surface area contributed by atoms with Gasteiger partial charge >= 0.3 is 5.69 Å². The van der Waals surface area contributed by atoms with Crippen LogP contribution in [0.2, 0.25) is 19.6 Å². The second kappa shape index (κ2) is 3.97. The van der Waals surface area contributed by atoms with Gasteiger partial charge in [-0.3, -0.25) is 10.1 Å². The molecule has 0 atom stereocenters. The standard InChI is InChI=1S/C9H12FNO3Si/c1-15(2,3)14-8-6-4-5-7(10)9(8)11(12)13/h4-6H,1-3H3. The largest absolute Gasteiger partial charge is 0.540 e. The maximum absolute atomic E-state index is 13.2. The molecule has 0 N–H and O–H groups in total. The average Bonchev–Trinajstić information content (AvgIpc) is 1.99. The first-order valence-corrected chi connectivity index (χ1v) is 7.84. The molecule has 0 fully saturated rings. The Balaban J connectivity index is 3.18. The van der Waals surface area contributed by atoms with Gasteiger partial charge in [-0.1, -0.05) is 6.07 Å². The van der Waals surface area contributed by atoms with Crippen LogP contribution in [0.4, 0.5) is 10.1 Å². The van der Waals surface area contributed by atoms with Crippen molar-refractivity contribution in [2.24, 2.45) is 0 Å². The lowest BCUT2D eigenvalue weighted by molar-refractivity contribution is -0.388. The number of rotatable bonds is 3. The first kappa shape index (κ1) is 11.6. The third-order valence-corrected chi connectivity index (χ3v) is 2.38. The van der Waals surface area contributed by atoms with Crippen molar-refractivity contribution < 1.29 is 13.7 Å². The lowest BCUT2D eigenvalue weighted by Gasteiger charge is -2.18. The Bertz CT molecular complexity index is 389. The Labute approximate surface area is 88.0 Å². The Morgan fingerprint density at radius 1 is 1.40 bits per heavy atom. The van der Waals surface area contributed by atoms with Crippen molar-refractivity contribution >= 4 is 14.0 Å². The van der Waals surface area contributed by atoms with Gasteiger partial charge in [0.25, 0.3) is 0 Å². The predicted molar refractivity (Wildman–Crippen MR) is 57.0 cm³/mol. The molecule has 0 bridgehead atoms. The molecule has 0 aliphatic heterocycles. The molecule has 0 aliphatic rings. The van der Waals surface area contributed by atoms with E-state index in [4.69, 9.17) is 4.43 Å². The van der Waals surface area contributed by atoms with Crippen molar-refractivity contribution in [3.8, 4) is 5.75 Å². The molecule has 0 saturated carbocycles. The number of halogens is 1. The first-order chi connectivity index (χ1) is 6.81. The third-order valence-electron chi connectivity index (χ3n) is 1.55. The van der Waals surface area contributed by atoms with Gasteiger partial charge in [-0.25, -0.2) is 0 Å². The van der Waals surface area contributed by atoms with Crippen LogP contribution in [0, 0.1) is 15.9 Å². The zero-order valence-electron chi connectivity index (χ0n) is 8.78. The minimum Gasteiger partial charge on any atom is -0.540 e. The molecular formula is C9H12FNO3Si.